The number of aryl methyl sites for hydroxylation is 1. The summed E-state index contributed by atoms with van der Waals surface area (Å²) in [5.74, 6) is -0.339. The first-order valence-corrected chi connectivity index (χ1v) is 13.3. The fourth-order valence-corrected chi connectivity index (χ4v) is 4.83. The maximum atomic E-state index is 12.6. The summed E-state index contributed by atoms with van der Waals surface area (Å²) in [5.41, 5.74) is 4.71. The van der Waals surface area contributed by atoms with Crippen molar-refractivity contribution in [3.8, 4) is 22.8 Å². The fraction of sp³-hybridized carbons (Fsp3) is 0.138. The molecule has 0 unspecified atom stereocenters. The molecule has 0 aliphatic rings. The van der Waals surface area contributed by atoms with Crippen LogP contribution < -0.4 is 5.32 Å². The van der Waals surface area contributed by atoms with E-state index in [4.69, 9.17) is 4.74 Å². The fourth-order valence-electron chi connectivity index (χ4n) is 4.08. The molecule has 0 spiro atoms. The topological polar surface area (TPSA) is 104 Å². The van der Waals surface area contributed by atoms with Crippen molar-refractivity contribution in [2.24, 2.45) is 0 Å². The number of ether oxygens (including phenoxy) is 1. The molecule has 10 heteroatoms. The molecule has 0 atom stereocenters. The summed E-state index contributed by atoms with van der Waals surface area (Å²) in [6, 6.07) is 29.1. The zero-order valence-corrected chi connectivity index (χ0v) is 22.3. The van der Waals surface area contributed by atoms with Crippen molar-refractivity contribution in [2.75, 3.05) is 17.7 Å². The van der Waals surface area contributed by atoms with Gasteiger partial charge >= 0.3 is 5.97 Å². The van der Waals surface area contributed by atoms with Crippen molar-refractivity contribution < 1.29 is 14.3 Å². The number of rotatable bonds is 9. The number of thioether (sulfide) groups is 1. The van der Waals surface area contributed by atoms with Crippen LogP contribution in [0.4, 0.5) is 5.69 Å². The number of anilines is 1. The molecule has 0 saturated heterocycles. The monoisotopic (exact) mass is 538 g/mol. The third kappa shape index (κ3) is 5.91. The summed E-state index contributed by atoms with van der Waals surface area (Å²) in [5, 5.41) is 16.6. The number of carbonyl (C=O) groups is 2. The normalized spacial score (nSPS) is 10.8. The van der Waals surface area contributed by atoms with Gasteiger partial charge in [0.05, 0.1) is 28.5 Å². The molecule has 39 heavy (non-hydrogen) atoms. The van der Waals surface area contributed by atoms with Gasteiger partial charge in [-0.1, -0.05) is 78.5 Å². The van der Waals surface area contributed by atoms with Gasteiger partial charge in [0.15, 0.2) is 17.6 Å². The first-order chi connectivity index (χ1) is 19.0. The van der Waals surface area contributed by atoms with Gasteiger partial charge < -0.3 is 10.1 Å². The highest BCUT2D eigenvalue weighted by Gasteiger charge is 2.19. The lowest BCUT2D eigenvalue weighted by Gasteiger charge is -2.10. The summed E-state index contributed by atoms with van der Waals surface area (Å²) < 4.78 is 8.91. The highest BCUT2D eigenvalue weighted by Crippen LogP contribution is 2.28. The van der Waals surface area contributed by atoms with E-state index in [1.54, 1.807) is 4.68 Å². The molecule has 5 rings (SSSR count). The highest BCUT2D eigenvalue weighted by molar-refractivity contribution is 7.99. The molecule has 2 aromatic heterocycles. The minimum atomic E-state index is -0.535. The Morgan fingerprint density at radius 3 is 2.13 bits per heavy atom. The van der Waals surface area contributed by atoms with Crippen molar-refractivity contribution in [2.45, 2.75) is 19.0 Å². The van der Waals surface area contributed by atoms with E-state index >= 15 is 0 Å². The van der Waals surface area contributed by atoms with Crippen LogP contribution in [0.3, 0.4) is 0 Å². The van der Waals surface area contributed by atoms with E-state index in [9.17, 15) is 9.59 Å². The van der Waals surface area contributed by atoms with Crippen molar-refractivity contribution >= 4 is 29.3 Å². The van der Waals surface area contributed by atoms with Crippen LogP contribution >= 0.6 is 11.8 Å². The van der Waals surface area contributed by atoms with Crippen molar-refractivity contribution in [3.63, 3.8) is 0 Å². The van der Waals surface area contributed by atoms with E-state index in [1.165, 1.54) is 11.8 Å². The number of nitrogens with zero attached hydrogens (tertiary/aromatic N) is 5. The molecule has 0 saturated carbocycles. The Labute approximate surface area is 229 Å². The number of hydrogen-bond donors (Lipinski definition) is 1. The van der Waals surface area contributed by atoms with Crippen LogP contribution in [-0.2, 0) is 14.3 Å². The van der Waals surface area contributed by atoms with Gasteiger partial charge in [0, 0.05) is 11.3 Å². The predicted octanol–water partition coefficient (Wildman–Crippen LogP) is 5.01. The summed E-state index contributed by atoms with van der Waals surface area (Å²) >= 11 is 1.20. The van der Waals surface area contributed by atoms with Gasteiger partial charge in [-0.3, -0.25) is 14.2 Å². The first-order valence-electron chi connectivity index (χ1n) is 12.3. The number of hydrogen-bond acceptors (Lipinski definition) is 7. The van der Waals surface area contributed by atoms with Gasteiger partial charge in [0.2, 0.25) is 0 Å². The highest BCUT2D eigenvalue weighted by atomic mass is 32.2. The quantitative estimate of drug-likeness (QED) is 0.208. The third-order valence-electron chi connectivity index (χ3n) is 5.92. The molecule has 5 aromatic rings. The SMILES string of the molecule is Cc1nn(-c2ccccc2)c(C)c1NC(=O)COC(=O)CSc1nnc(-c2ccccc2)n1-c1ccccc1. The van der Waals surface area contributed by atoms with Crippen molar-refractivity contribution in [1.82, 2.24) is 24.5 Å². The third-order valence-corrected chi connectivity index (χ3v) is 6.82. The molecular weight excluding hydrogens is 512 g/mol. The maximum absolute atomic E-state index is 12.6. The number of benzene rings is 3. The second-order valence-electron chi connectivity index (χ2n) is 8.63. The molecule has 2 heterocycles. The number of aromatic nitrogens is 5. The predicted molar refractivity (Wildman–Crippen MR) is 150 cm³/mol. The van der Waals surface area contributed by atoms with E-state index in [0.29, 0.717) is 22.4 Å². The zero-order chi connectivity index (χ0) is 27.2. The van der Waals surface area contributed by atoms with E-state index < -0.39 is 18.5 Å². The molecule has 0 radical (unpaired) electrons. The van der Waals surface area contributed by atoms with Crippen LogP contribution in [0.2, 0.25) is 0 Å². The Morgan fingerprint density at radius 1 is 0.846 bits per heavy atom. The molecule has 196 valence electrons. The Bertz CT molecular complexity index is 1580. The average Bonchev–Trinajstić information content (AvgIpc) is 3.53. The molecule has 3 aromatic carbocycles. The Morgan fingerprint density at radius 2 is 1.46 bits per heavy atom. The Balaban J connectivity index is 1.21. The van der Waals surface area contributed by atoms with Gasteiger partial charge in [0.1, 0.15) is 0 Å². The maximum Gasteiger partial charge on any atom is 0.316 e. The lowest BCUT2D eigenvalue weighted by atomic mass is 10.2. The van der Waals surface area contributed by atoms with Gasteiger partial charge in [-0.2, -0.15) is 5.10 Å². The van der Waals surface area contributed by atoms with Crippen LogP contribution in [-0.4, -0.2) is 48.8 Å². The van der Waals surface area contributed by atoms with Gasteiger partial charge in [0.25, 0.3) is 5.91 Å². The van der Waals surface area contributed by atoms with Gasteiger partial charge in [-0.05, 0) is 38.1 Å². The van der Waals surface area contributed by atoms with Crippen LogP contribution in [0.25, 0.3) is 22.8 Å². The Kier molecular flexibility index (Phi) is 7.83. The van der Waals surface area contributed by atoms with E-state index in [1.807, 2.05) is 109 Å². The second-order valence-corrected chi connectivity index (χ2v) is 9.58. The van der Waals surface area contributed by atoms with Gasteiger partial charge in [-0.15, -0.1) is 10.2 Å². The number of esters is 1. The summed E-state index contributed by atoms with van der Waals surface area (Å²) in [6.07, 6.45) is 0. The van der Waals surface area contributed by atoms with E-state index in [0.717, 1.165) is 22.6 Å². The molecule has 0 fully saturated rings. The summed E-state index contributed by atoms with van der Waals surface area (Å²) in [4.78, 5) is 25.1. The number of nitrogens with one attached hydrogen (secondary N) is 1. The number of carbonyl (C=O) groups excluding carboxylic acids is 2. The van der Waals surface area contributed by atoms with Crippen LogP contribution in [0.15, 0.2) is 96.2 Å². The lowest BCUT2D eigenvalue weighted by molar-refractivity contribution is -0.144. The molecular formula is C29H26N6O3S. The summed E-state index contributed by atoms with van der Waals surface area (Å²) in [6.45, 7) is 3.28. The van der Waals surface area contributed by atoms with Crippen LogP contribution in [0.5, 0.6) is 0 Å². The van der Waals surface area contributed by atoms with Crippen molar-refractivity contribution in [3.05, 3.63) is 102 Å². The number of para-hydroxylation sites is 2. The lowest BCUT2D eigenvalue weighted by Crippen LogP contribution is -2.22. The largest absolute Gasteiger partial charge is 0.455 e. The van der Waals surface area contributed by atoms with Gasteiger partial charge in [-0.25, -0.2) is 4.68 Å². The van der Waals surface area contributed by atoms with Crippen LogP contribution in [0, 0.1) is 13.8 Å². The summed E-state index contributed by atoms with van der Waals surface area (Å²) in [7, 11) is 0. The number of amides is 1. The zero-order valence-electron chi connectivity index (χ0n) is 21.4. The van der Waals surface area contributed by atoms with E-state index in [-0.39, 0.29) is 5.75 Å². The minimum Gasteiger partial charge on any atom is -0.455 e. The molecule has 0 aliphatic heterocycles. The standard InChI is InChI=1S/C29H26N6O3S/c1-20-27(21(2)35(33-20)24-16-10-5-11-17-24)30-25(36)18-38-26(37)19-39-29-32-31-28(22-12-6-3-7-13-22)34(29)23-14-8-4-9-15-23/h3-17H,18-19H2,1-2H3,(H,30,36). The van der Waals surface area contributed by atoms with E-state index in [2.05, 4.69) is 20.6 Å². The first kappa shape index (κ1) is 25.9. The Hall–Kier alpha value is -4.70. The smallest absolute Gasteiger partial charge is 0.316 e. The van der Waals surface area contributed by atoms with Crippen molar-refractivity contribution in [1.29, 1.82) is 0 Å². The molecule has 0 aliphatic carbocycles. The second kappa shape index (κ2) is 11.8. The minimum absolute atomic E-state index is 0.0307. The molecule has 9 nitrogen and oxygen atoms in total. The molecule has 1 N–H and O–H groups in total. The molecule has 1 amide bonds. The molecule has 0 bridgehead atoms. The van der Waals surface area contributed by atoms with Crippen LogP contribution in [0.1, 0.15) is 11.4 Å². The average molecular weight is 539 g/mol.